The van der Waals surface area contributed by atoms with E-state index in [0.717, 1.165) is 24.9 Å². The van der Waals surface area contributed by atoms with Crippen molar-refractivity contribution < 1.29 is 4.79 Å². The molecule has 1 atom stereocenters. The zero-order chi connectivity index (χ0) is 14.7. The lowest BCUT2D eigenvalue weighted by Gasteiger charge is -2.26. The number of nitrogen functional groups attached to an aromatic ring is 1. The highest BCUT2D eigenvalue weighted by molar-refractivity contribution is 5.76. The van der Waals surface area contributed by atoms with Gasteiger partial charge in [0, 0.05) is 31.0 Å². The number of hydrogen-bond acceptors (Lipinski definition) is 3. The molecule has 1 unspecified atom stereocenters. The van der Waals surface area contributed by atoms with Crippen molar-refractivity contribution in [2.24, 2.45) is 0 Å². The molecule has 0 aliphatic heterocycles. The number of carbonyl (C=O) groups is 1. The number of nitrogens with two attached hydrogens (primary N) is 1. The first-order valence-electron chi connectivity index (χ1n) is 7.37. The topological polar surface area (TPSA) is 72.9 Å². The zero-order valence-electron chi connectivity index (χ0n) is 12.0. The number of hydrogen-bond donors (Lipinski definition) is 2. The highest BCUT2D eigenvalue weighted by atomic mass is 16.1. The van der Waals surface area contributed by atoms with Gasteiger partial charge in [0.15, 0.2) is 0 Å². The van der Waals surface area contributed by atoms with E-state index in [4.69, 9.17) is 5.73 Å². The fourth-order valence-corrected chi connectivity index (χ4v) is 2.90. The first kappa shape index (κ1) is 13.7. The second-order valence-corrected chi connectivity index (χ2v) is 5.49. The first-order chi connectivity index (χ1) is 10.2. The van der Waals surface area contributed by atoms with E-state index in [1.807, 2.05) is 30.5 Å². The molecule has 110 valence electrons. The van der Waals surface area contributed by atoms with Gasteiger partial charge in [-0.15, -0.1) is 0 Å². The van der Waals surface area contributed by atoms with Crippen LogP contribution in [-0.4, -0.2) is 15.7 Å². The molecule has 0 fully saturated rings. The third-order valence-corrected chi connectivity index (χ3v) is 3.94. The van der Waals surface area contributed by atoms with Gasteiger partial charge in [0.2, 0.25) is 5.91 Å². The van der Waals surface area contributed by atoms with E-state index in [1.165, 1.54) is 11.1 Å². The van der Waals surface area contributed by atoms with Crippen LogP contribution < -0.4 is 11.1 Å². The molecule has 5 nitrogen and oxygen atoms in total. The van der Waals surface area contributed by atoms with E-state index in [1.54, 1.807) is 10.9 Å². The average molecular weight is 284 g/mol. The first-order valence-corrected chi connectivity index (χ1v) is 7.37. The number of nitrogens with one attached hydrogen (secondary N) is 1. The molecule has 0 radical (unpaired) electrons. The largest absolute Gasteiger partial charge is 0.399 e. The number of fused-ring (bicyclic) bond motifs is 1. The maximum Gasteiger partial charge on any atom is 0.222 e. The van der Waals surface area contributed by atoms with Gasteiger partial charge in [-0.2, -0.15) is 5.10 Å². The third kappa shape index (κ3) is 3.24. The van der Waals surface area contributed by atoms with Crippen molar-refractivity contribution in [2.75, 3.05) is 5.73 Å². The molecule has 2 aromatic rings. The lowest BCUT2D eigenvalue weighted by atomic mass is 9.87. The molecule has 1 aliphatic carbocycles. The van der Waals surface area contributed by atoms with Crippen LogP contribution in [0.2, 0.25) is 0 Å². The Balaban J connectivity index is 1.62. The van der Waals surface area contributed by atoms with Gasteiger partial charge in [-0.1, -0.05) is 6.07 Å². The zero-order valence-corrected chi connectivity index (χ0v) is 12.0. The molecular weight excluding hydrogens is 264 g/mol. The minimum Gasteiger partial charge on any atom is -0.399 e. The average Bonchev–Trinajstić information content (AvgIpc) is 2.98. The molecule has 3 rings (SSSR count). The van der Waals surface area contributed by atoms with Crippen molar-refractivity contribution in [3.63, 3.8) is 0 Å². The Bertz CT molecular complexity index is 621. The highest BCUT2D eigenvalue weighted by Crippen LogP contribution is 2.30. The van der Waals surface area contributed by atoms with Crippen molar-refractivity contribution in [2.45, 2.75) is 38.3 Å². The van der Waals surface area contributed by atoms with E-state index in [0.29, 0.717) is 13.0 Å². The molecular formula is C16H20N4O. The molecule has 0 saturated carbocycles. The summed E-state index contributed by atoms with van der Waals surface area (Å²) in [5, 5.41) is 7.24. The molecule has 1 amide bonds. The lowest BCUT2D eigenvalue weighted by Crippen LogP contribution is -2.31. The summed E-state index contributed by atoms with van der Waals surface area (Å²) in [6, 6.07) is 7.95. The Morgan fingerprint density at radius 3 is 3.19 bits per heavy atom. The van der Waals surface area contributed by atoms with Crippen LogP contribution in [0.25, 0.3) is 0 Å². The molecule has 0 spiro atoms. The van der Waals surface area contributed by atoms with Crippen LogP contribution in [0.1, 0.15) is 36.4 Å². The van der Waals surface area contributed by atoms with Gasteiger partial charge in [0.1, 0.15) is 0 Å². The van der Waals surface area contributed by atoms with Crippen LogP contribution in [0.3, 0.4) is 0 Å². The summed E-state index contributed by atoms with van der Waals surface area (Å²) < 4.78 is 1.77. The molecule has 5 heteroatoms. The highest BCUT2D eigenvalue weighted by Gasteiger charge is 2.21. The maximum atomic E-state index is 12.1. The van der Waals surface area contributed by atoms with E-state index in [9.17, 15) is 4.79 Å². The number of aryl methyl sites for hydroxylation is 2. The quantitative estimate of drug-likeness (QED) is 0.844. The van der Waals surface area contributed by atoms with Crippen LogP contribution in [0, 0.1) is 0 Å². The number of benzene rings is 1. The van der Waals surface area contributed by atoms with Crippen LogP contribution >= 0.6 is 0 Å². The smallest absolute Gasteiger partial charge is 0.222 e. The third-order valence-electron chi connectivity index (χ3n) is 3.94. The second-order valence-electron chi connectivity index (χ2n) is 5.49. The van der Waals surface area contributed by atoms with Gasteiger partial charge in [0.25, 0.3) is 0 Å². The van der Waals surface area contributed by atoms with E-state index >= 15 is 0 Å². The molecule has 0 bridgehead atoms. The Morgan fingerprint density at radius 2 is 2.38 bits per heavy atom. The van der Waals surface area contributed by atoms with Crippen molar-refractivity contribution in [1.82, 2.24) is 15.1 Å². The normalized spacial score (nSPS) is 17.2. The Kier molecular flexibility index (Phi) is 3.90. The number of rotatable bonds is 4. The predicted molar refractivity (Wildman–Crippen MR) is 81.5 cm³/mol. The minimum atomic E-state index is 0.0696. The molecule has 1 aromatic carbocycles. The molecule has 1 aliphatic rings. The molecule has 21 heavy (non-hydrogen) atoms. The van der Waals surface area contributed by atoms with Crippen molar-refractivity contribution >= 4 is 11.6 Å². The summed E-state index contributed by atoms with van der Waals surface area (Å²) in [5.74, 6) is 0.0696. The molecule has 0 saturated heterocycles. The number of amides is 1. The fourth-order valence-electron chi connectivity index (χ4n) is 2.90. The van der Waals surface area contributed by atoms with E-state index in [-0.39, 0.29) is 11.9 Å². The number of carbonyl (C=O) groups excluding carboxylic acids is 1. The summed E-state index contributed by atoms with van der Waals surface area (Å²) in [4.78, 5) is 12.1. The van der Waals surface area contributed by atoms with E-state index < -0.39 is 0 Å². The Morgan fingerprint density at radius 1 is 1.48 bits per heavy atom. The van der Waals surface area contributed by atoms with E-state index in [2.05, 4.69) is 10.4 Å². The van der Waals surface area contributed by atoms with Gasteiger partial charge in [0.05, 0.1) is 6.04 Å². The van der Waals surface area contributed by atoms with Gasteiger partial charge in [-0.25, -0.2) is 0 Å². The van der Waals surface area contributed by atoms with Crippen LogP contribution in [0.5, 0.6) is 0 Å². The Hall–Kier alpha value is -2.30. The molecule has 1 aromatic heterocycles. The van der Waals surface area contributed by atoms with Crippen molar-refractivity contribution in [3.8, 4) is 0 Å². The summed E-state index contributed by atoms with van der Waals surface area (Å²) in [6.45, 7) is 0.611. The molecule has 1 heterocycles. The van der Waals surface area contributed by atoms with Crippen LogP contribution in [-0.2, 0) is 17.8 Å². The lowest BCUT2D eigenvalue weighted by molar-refractivity contribution is -0.122. The van der Waals surface area contributed by atoms with Crippen LogP contribution in [0.15, 0.2) is 36.7 Å². The summed E-state index contributed by atoms with van der Waals surface area (Å²) >= 11 is 0. The number of anilines is 1. The molecule has 3 N–H and O–H groups in total. The predicted octanol–water partition coefficient (Wildman–Crippen LogP) is 2.05. The minimum absolute atomic E-state index is 0.0696. The maximum absolute atomic E-state index is 12.1. The van der Waals surface area contributed by atoms with Gasteiger partial charge < -0.3 is 11.1 Å². The number of nitrogens with zero attached hydrogens (tertiary/aromatic N) is 2. The van der Waals surface area contributed by atoms with Gasteiger partial charge in [-0.3, -0.25) is 9.48 Å². The van der Waals surface area contributed by atoms with Gasteiger partial charge >= 0.3 is 0 Å². The summed E-state index contributed by atoms with van der Waals surface area (Å²) in [7, 11) is 0. The van der Waals surface area contributed by atoms with Crippen LogP contribution in [0.4, 0.5) is 5.69 Å². The van der Waals surface area contributed by atoms with Gasteiger partial charge in [-0.05, 0) is 48.6 Å². The Labute approximate surface area is 124 Å². The monoisotopic (exact) mass is 284 g/mol. The fraction of sp³-hybridized carbons (Fsp3) is 0.375. The summed E-state index contributed by atoms with van der Waals surface area (Å²) in [6.07, 6.45) is 7.15. The van der Waals surface area contributed by atoms with Crippen molar-refractivity contribution in [1.29, 1.82) is 0 Å². The SMILES string of the molecule is Nc1ccc2c(c1)CCCC2NC(=O)CCn1cccn1. The second kappa shape index (κ2) is 5.99. The van der Waals surface area contributed by atoms with Crippen molar-refractivity contribution in [3.05, 3.63) is 47.8 Å². The number of aromatic nitrogens is 2. The standard InChI is InChI=1S/C16H20N4O/c17-13-5-6-14-12(11-13)3-1-4-15(14)19-16(21)7-10-20-9-2-8-18-20/h2,5-6,8-9,11,15H,1,3-4,7,10,17H2,(H,19,21). The summed E-state index contributed by atoms with van der Waals surface area (Å²) in [5.41, 5.74) is 9.10.